The molecule has 1 aliphatic carbocycles. The second-order valence-electron chi connectivity index (χ2n) is 9.42. The van der Waals surface area contributed by atoms with Crippen LogP contribution in [0.5, 0.6) is 5.75 Å². The van der Waals surface area contributed by atoms with Crippen LogP contribution in [-0.2, 0) is 6.42 Å². The van der Waals surface area contributed by atoms with Crippen LogP contribution in [0.25, 0.3) is 11.4 Å². The Morgan fingerprint density at radius 3 is 2.03 bits per heavy atom. The molecule has 31 heavy (non-hydrogen) atoms. The van der Waals surface area contributed by atoms with E-state index in [0.29, 0.717) is 0 Å². The Bertz CT molecular complexity index is 718. The summed E-state index contributed by atoms with van der Waals surface area (Å²) in [6, 6.07) is 8.21. The summed E-state index contributed by atoms with van der Waals surface area (Å²) >= 11 is 0. The molecule has 0 aliphatic heterocycles. The molecule has 0 saturated heterocycles. The smallest absolute Gasteiger partial charge is 0.159 e. The third-order valence-electron chi connectivity index (χ3n) is 6.81. The van der Waals surface area contributed by atoms with E-state index in [9.17, 15) is 0 Å². The molecule has 0 unspecified atom stereocenters. The molecule has 0 spiro atoms. The van der Waals surface area contributed by atoms with E-state index in [4.69, 9.17) is 4.74 Å². The topological polar surface area (TPSA) is 35.0 Å². The van der Waals surface area contributed by atoms with Crippen molar-refractivity contribution in [3.8, 4) is 17.1 Å². The van der Waals surface area contributed by atoms with Crippen LogP contribution < -0.4 is 4.74 Å². The highest BCUT2D eigenvalue weighted by Gasteiger charge is 2.20. The van der Waals surface area contributed by atoms with Crippen LogP contribution in [0, 0.1) is 11.8 Å². The lowest BCUT2D eigenvalue weighted by Gasteiger charge is -2.28. The molecule has 0 atom stereocenters. The maximum atomic E-state index is 6.00. The Labute approximate surface area is 190 Å². The predicted octanol–water partition coefficient (Wildman–Crippen LogP) is 8.03. The van der Waals surface area contributed by atoms with Gasteiger partial charge < -0.3 is 4.74 Å². The fraction of sp³-hybridized carbons (Fsp3) is 0.643. The van der Waals surface area contributed by atoms with Gasteiger partial charge in [0.15, 0.2) is 5.82 Å². The van der Waals surface area contributed by atoms with Gasteiger partial charge in [-0.2, -0.15) is 0 Å². The second kappa shape index (κ2) is 13.5. The number of aryl methyl sites for hydroxylation is 1. The number of ether oxygens (including phenoxy) is 1. The zero-order valence-corrected chi connectivity index (χ0v) is 19.8. The van der Waals surface area contributed by atoms with Gasteiger partial charge in [-0.25, -0.2) is 9.97 Å². The third kappa shape index (κ3) is 8.27. The number of hydrogen-bond acceptors (Lipinski definition) is 3. The molecule has 2 aromatic rings. The number of benzene rings is 1. The van der Waals surface area contributed by atoms with Crippen molar-refractivity contribution >= 4 is 0 Å². The van der Waals surface area contributed by atoms with Gasteiger partial charge in [0.1, 0.15) is 5.75 Å². The Kier molecular flexibility index (Phi) is 10.3. The fourth-order valence-corrected chi connectivity index (χ4v) is 4.85. The van der Waals surface area contributed by atoms with E-state index in [1.807, 2.05) is 24.5 Å². The molecule has 1 heterocycles. The number of rotatable bonds is 13. The Balaban J connectivity index is 1.31. The summed E-state index contributed by atoms with van der Waals surface area (Å²) in [6.07, 6.45) is 21.4. The lowest BCUT2D eigenvalue weighted by atomic mass is 9.78. The van der Waals surface area contributed by atoms with Crippen molar-refractivity contribution in [2.24, 2.45) is 11.8 Å². The molecule has 1 aromatic carbocycles. The van der Waals surface area contributed by atoms with Crippen LogP contribution in [0.4, 0.5) is 0 Å². The van der Waals surface area contributed by atoms with Gasteiger partial charge in [0.2, 0.25) is 0 Å². The highest BCUT2D eigenvalue weighted by molar-refractivity contribution is 5.55. The molecule has 0 bridgehead atoms. The summed E-state index contributed by atoms with van der Waals surface area (Å²) in [5.41, 5.74) is 2.24. The molecule has 3 nitrogen and oxygen atoms in total. The summed E-state index contributed by atoms with van der Waals surface area (Å²) in [5.74, 6) is 3.66. The normalized spacial score (nSPS) is 18.8. The largest absolute Gasteiger partial charge is 0.494 e. The molecule has 1 aliphatic rings. The number of nitrogens with zero attached hydrogens (tertiary/aromatic N) is 2. The lowest BCUT2D eigenvalue weighted by Crippen LogP contribution is -2.15. The molecule has 1 aromatic heterocycles. The lowest BCUT2D eigenvalue weighted by molar-refractivity contribution is 0.228. The van der Waals surface area contributed by atoms with Crippen molar-refractivity contribution < 1.29 is 4.74 Å². The molecule has 0 amide bonds. The number of aromatic nitrogens is 2. The molecule has 3 heteroatoms. The van der Waals surface area contributed by atoms with E-state index in [0.717, 1.165) is 54.8 Å². The van der Waals surface area contributed by atoms with Crippen molar-refractivity contribution in [3.05, 3.63) is 42.2 Å². The Hall–Kier alpha value is -1.90. The first-order valence-electron chi connectivity index (χ1n) is 12.8. The SMILES string of the molecule is CCCCCCC1CCC(CCCOc2ccc(-c3ncc(CCC)cn3)cc2)CC1. The van der Waals surface area contributed by atoms with Gasteiger partial charge in [-0.05, 0) is 60.9 Å². The highest BCUT2D eigenvalue weighted by atomic mass is 16.5. The van der Waals surface area contributed by atoms with Crippen molar-refractivity contribution in [3.63, 3.8) is 0 Å². The maximum Gasteiger partial charge on any atom is 0.159 e. The molecule has 1 saturated carbocycles. The number of hydrogen-bond donors (Lipinski definition) is 0. The van der Waals surface area contributed by atoms with Gasteiger partial charge in [0.25, 0.3) is 0 Å². The molecular weight excluding hydrogens is 380 g/mol. The highest BCUT2D eigenvalue weighted by Crippen LogP contribution is 2.34. The van der Waals surface area contributed by atoms with E-state index >= 15 is 0 Å². The average Bonchev–Trinajstić information content (AvgIpc) is 2.82. The van der Waals surface area contributed by atoms with Crippen LogP contribution in [0.1, 0.15) is 96.5 Å². The molecule has 3 rings (SSSR count). The monoisotopic (exact) mass is 422 g/mol. The molecule has 170 valence electrons. The summed E-state index contributed by atoms with van der Waals surface area (Å²) < 4.78 is 6.00. The Morgan fingerprint density at radius 2 is 1.42 bits per heavy atom. The van der Waals surface area contributed by atoms with Crippen molar-refractivity contribution in [1.29, 1.82) is 0 Å². The van der Waals surface area contributed by atoms with Crippen LogP contribution in [0.15, 0.2) is 36.7 Å². The van der Waals surface area contributed by atoms with Crippen molar-refractivity contribution in [1.82, 2.24) is 9.97 Å². The van der Waals surface area contributed by atoms with Gasteiger partial charge in [-0.1, -0.05) is 78.1 Å². The fourth-order valence-electron chi connectivity index (χ4n) is 4.85. The van der Waals surface area contributed by atoms with E-state index in [1.165, 1.54) is 69.8 Å². The van der Waals surface area contributed by atoms with Gasteiger partial charge in [-0.15, -0.1) is 0 Å². The minimum Gasteiger partial charge on any atom is -0.494 e. The summed E-state index contributed by atoms with van der Waals surface area (Å²) in [4.78, 5) is 9.00. The number of unbranched alkanes of at least 4 members (excludes halogenated alkanes) is 3. The van der Waals surface area contributed by atoms with Gasteiger partial charge in [0.05, 0.1) is 6.61 Å². The molecule has 0 N–H and O–H groups in total. The van der Waals surface area contributed by atoms with Gasteiger partial charge in [0, 0.05) is 18.0 Å². The van der Waals surface area contributed by atoms with Crippen LogP contribution in [0.3, 0.4) is 0 Å². The summed E-state index contributed by atoms with van der Waals surface area (Å²) in [6.45, 7) is 5.29. The summed E-state index contributed by atoms with van der Waals surface area (Å²) in [5, 5.41) is 0. The molecule has 0 radical (unpaired) electrons. The van der Waals surface area contributed by atoms with Crippen molar-refractivity contribution in [2.75, 3.05) is 6.61 Å². The van der Waals surface area contributed by atoms with Gasteiger partial charge >= 0.3 is 0 Å². The first-order chi connectivity index (χ1) is 15.3. The molecule has 1 fully saturated rings. The van der Waals surface area contributed by atoms with Crippen LogP contribution in [-0.4, -0.2) is 16.6 Å². The van der Waals surface area contributed by atoms with Gasteiger partial charge in [-0.3, -0.25) is 0 Å². The third-order valence-corrected chi connectivity index (χ3v) is 6.81. The summed E-state index contributed by atoms with van der Waals surface area (Å²) in [7, 11) is 0. The van der Waals surface area contributed by atoms with Crippen LogP contribution in [0.2, 0.25) is 0 Å². The quantitative estimate of drug-likeness (QED) is 0.306. The van der Waals surface area contributed by atoms with E-state index in [1.54, 1.807) is 0 Å². The molecular formula is C28H42N2O. The second-order valence-corrected chi connectivity index (χ2v) is 9.42. The standard InChI is InChI=1S/C28H42N2O/c1-3-5-6-7-10-23-12-14-24(15-13-23)11-8-20-31-27-18-16-26(17-19-27)28-29-21-25(9-4-2)22-30-28/h16-19,21-24H,3-15,20H2,1-2H3. The van der Waals surface area contributed by atoms with E-state index in [2.05, 4.69) is 35.9 Å². The predicted molar refractivity (Wildman–Crippen MR) is 130 cm³/mol. The van der Waals surface area contributed by atoms with E-state index in [-0.39, 0.29) is 0 Å². The zero-order chi connectivity index (χ0) is 21.7. The first kappa shape index (κ1) is 23.8. The first-order valence-corrected chi connectivity index (χ1v) is 12.8. The van der Waals surface area contributed by atoms with E-state index < -0.39 is 0 Å². The minimum atomic E-state index is 0.785. The minimum absolute atomic E-state index is 0.785. The van der Waals surface area contributed by atoms with Crippen molar-refractivity contribution in [2.45, 2.75) is 97.3 Å². The zero-order valence-electron chi connectivity index (χ0n) is 19.8. The Morgan fingerprint density at radius 1 is 0.774 bits per heavy atom. The average molecular weight is 423 g/mol. The maximum absolute atomic E-state index is 6.00. The van der Waals surface area contributed by atoms with Crippen LogP contribution >= 0.6 is 0 Å².